The molecule has 1 amide bonds. The quantitative estimate of drug-likeness (QED) is 0.666. The normalized spacial score (nSPS) is 24.4. The SMILES string of the molecule is CN1CCN(NCC(=O)N2CCN(C)CC2)CC1. The summed E-state index contributed by atoms with van der Waals surface area (Å²) in [5.74, 6) is 0.224. The van der Waals surface area contributed by atoms with Crippen LogP contribution in [0.4, 0.5) is 0 Å². The van der Waals surface area contributed by atoms with Crippen LogP contribution in [0.3, 0.4) is 0 Å². The lowest BCUT2D eigenvalue weighted by atomic mass is 10.3. The van der Waals surface area contributed by atoms with Crippen LogP contribution in [0.1, 0.15) is 0 Å². The summed E-state index contributed by atoms with van der Waals surface area (Å²) < 4.78 is 0. The highest BCUT2D eigenvalue weighted by Crippen LogP contribution is 2.00. The number of likely N-dealkylation sites (N-methyl/N-ethyl adjacent to an activating group) is 2. The number of carbonyl (C=O) groups is 1. The molecule has 0 aromatic heterocycles. The molecule has 2 heterocycles. The topological polar surface area (TPSA) is 42.1 Å². The molecule has 0 saturated carbocycles. The first-order chi connectivity index (χ1) is 8.65. The molecule has 2 aliphatic rings. The summed E-state index contributed by atoms with van der Waals surface area (Å²) in [4.78, 5) is 18.5. The predicted octanol–water partition coefficient (Wildman–Crippen LogP) is -1.49. The third-order valence-electron chi connectivity index (χ3n) is 3.81. The van der Waals surface area contributed by atoms with E-state index in [-0.39, 0.29) is 5.91 Å². The molecular weight excluding hydrogens is 230 g/mol. The maximum absolute atomic E-state index is 12.0. The summed E-state index contributed by atoms with van der Waals surface area (Å²) in [6.45, 7) is 8.25. The highest BCUT2D eigenvalue weighted by Gasteiger charge is 2.20. The minimum atomic E-state index is 0.224. The molecule has 0 spiro atoms. The molecule has 6 nitrogen and oxygen atoms in total. The molecular formula is C12H25N5O. The summed E-state index contributed by atoms with van der Waals surface area (Å²) in [6, 6.07) is 0. The van der Waals surface area contributed by atoms with Gasteiger partial charge in [-0.25, -0.2) is 10.4 Å². The molecule has 104 valence electrons. The minimum Gasteiger partial charge on any atom is -0.339 e. The lowest BCUT2D eigenvalue weighted by molar-refractivity contribution is -0.132. The molecule has 2 fully saturated rings. The van der Waals surface area contributed by atoms with Crippen molar-refractivity contribution in [3.63, 3.8) is 0 Å². The highest BCUT2D eigenvalue weighted by molar-refractivity contribution is 5.78. The lowest BCUT2D eigenvalue weighted by Gasteiger charge is -2.35. The van der Waals surface area contributed by atoms with E-state index in [0.29, 0.717) is 6.54 Å². The van der Waals surface area contributed by atoms with Crippen molar-refractivity contribution in [3.05, 3.63) is 0 Å². The second kappa shape index (κ2) is 6.47. The van der Waals surface area contributed by atoms with Gasteiger partial charge in [-0.1, -0.05) is 0 Å². The molecule has 0 aromatic rings. The van der Waals surface area contributed by atoms with Crippen molar-refractivity contribution in [3.8, 4) is 0 Å². The van der Waals surface area contributed by atoms with Gasteiger partial charge in [0.25, 0.3) is 0 Å². The number of nitrogens with zero attached hydrogens (tertiary/aromatic N) is 4. The fourth-order valence-corrected chi connectivity index (χ4v) is 2.31. The van der Waals surface area contributed by atoms with Gasteiger partial charge in [-0.15, -0.1) is 0 Å². The van der Waals surface area contributed by atoms with E-state index in [1.807, 2.05) is 4.90 Å². The second-order valence-electron chi connectivity index (χ2n) is 5.31. The van der Waals surface area contributed by atoms with Gasteiger partial charge in [0.05, 0.1) is 6.54 Å². The number of rotatable bonds is 3. The van der Waals surface area contributed by atoms with Gasteiger partial charge < -0.3 is 14.7 Å². The van der Waals surface area contributed by atoms with E-state index in [1.165, 1.54) is 0 Å². The molecule has 2 rings (SSSR count). The Morgan fingerprint density at radius 3 is 1.94 bits per heavy atom. The second-order valence-corrected chi connectivity index (χ2v) is 5.31. The van der Waals surface area contributed by atoms with Gasteiger partial charge in [-0.05, 0) is 14.1 Å². The molecule has 18 heavy (non-hydrogen) atoms. The van der Waals surface area contributed by atoms with Crippen LogP contribution in [0.25, 0.3) is 0 Å². The average Bonchev–Trinajstić information content (AvgIpc) is 2.38. The molecule has 0 aliphatic carbocycles. The van der Waals surface area contributed by atoms with Crippen LogP contribution < -0.4 is 5.43 Å². The molecule has 0 bridgehead atoms. The first-order valence-electron chi connectivity index (χ1n) is 6.78. The van der Waals surface area contributed by atoms with Gasteiger partial charge in [-0.2, -0.15) is 0 Å². The first-order valence-corrected chi connectivity index (χ1v) is 6.78. The van der Waals surface area contributed by atoms with E-state index < -0.39 is 0 Å². The van der Waals surface area contributed by atoms with Crippen LogP contribution in [0.2, 0.25) is 0 Å². The van der Waals surface area contributed by atoms with Crippen molar-refractivity contribution in [1.82, 2.24) is 25.1 Å². The summed E-state index contributed by atoms with van der Waals surface area (Å²) in [7, 11) is 4.23. The van der Waals surface area contributed by atoms with Gasteiger partial charge in [0, 0.05) is 52.4 Å². The van der Waals surface area contributed by atoms with Gasteiger partial charge in [0.2, 0.25) is 5.91 Å². The fraction of sp³-hybridized carbons (Fsp3) is 0.917. The molecule has 0 unspecified atom stereocenters. The number of hydrazine groups is 1. The van der Waals surface area contributed by atoms with Crippen LogP contribution in [-0.4, -0.2) is 98.6 Å². The Bertz CT molecular complexity index is 270. The van der Waals surface area contributed by atoms with Crippen molar-refractivity contribution >= 4 is 5.91 Å². The number of nitrogens with one attached hydrogen (secondary N) is 1. The Kier molecular flexibility index (Phi) is 4.94. The zero-order valence-corrected chi connectivity index (χ0v) is 11.6. The zero-order valence-electron chi connectivity index (χ0n) is 11.6. The minimum absolute atomic E-state index is 0.224. The molecule has 2 saturated heterocycles. The van der Waals surface area contributed by atoms with Crippen molar-refractivity contribution < 1.29 is 4.79 Å². The van der Waals surface area contributed by atoms with Crippen LogP contribution in [0.15, 0.2) is 0 Å². The van der Waals surface area contributed by atoms with E-state index >= 15 is 0 Å². The van der Waals surface area contributed by atoms with Gasteiger partial charge in [0.15, 0.2) is 0 Å². The van der Waals surface area contributed by atoms with Crippen LogP contribution >= 0.6 is 0 Å². The summed E-state index contributed by atoms with van der Waals surface area (Å²) in [6.07, 6.45) is 0. The van der Waals surface area contributed by atoms with Crippen LogP contribution in [-0.2, 0) is 4.79 Å². The molecule has 0 radical (unpaired) electrons. The molecule has 0 aromatic carbocycles. The standard InChI is InChI=1S/C12H25N5O/c1-14-3-7-16(8-4-14)12(18)11-13-17-9-5-15(2)6-10-17/h13H,3-11H2,1-2H3. The number of piperazine rings is 2. The molecule has 6 heteroatoms. The monoisotopic (exact) mass is 255 g/mol. The summed E-state index contributed by atoms with van der Waals surface area (Å²) in [5.41, 5.74) is 3.25. The Hall–Kier alpha value is -0.690. The predicted molar refractivity (Wildman–Crippen MR) is 71.1 cm³/mol. The van der Waals surface area contributed by atoms with Gasteiger partial charge >= 0.3 is 0 Å². The lowest BCUT2D eigenvalue weighted by Crippen LogP contribution is -2.55. The Balaban J connectivity index is 1.65. The number of amides is 1. The van der Waals surface area contributed by atoms with E-state index in [0.717, 1.165) is 52.4 Å². The van der Waals surface area contributed by atoms with Gasteiger partial charge in [-0.3, -0.25) is 4.79 Å². The fourth-order valence-electron chi connectivity index (χ4n) is 2.31. The van der Waals surface area contributed by atoms with Crippen LogP contribution in [0.5, 0.6) is 0 Å². The van der Waals surface area contributed by atoms with E-state index in [2.05, 4.69) is 34.3 Å². The Morgan fingerprint density at radius 2 is 1.39 bits per heavy atom. The third kappa shape index (κ3) is 3.91. The third-order valence-corrected chi connectivity index (χ3v) is 3.81. The van der Waals surface area contributed by atoms with E-state index in [4.69, 9.17) is 0 Å². The summed E-state index contributed by atoms with van der Waals surface area (Å²) >= 11 is 0. The number of hydrogen-bond donors (Lipinski definition) is 1. The largest absolute Gasteiger partial charge is 0.339 e. The van der Waals surface area contributed by atoms with Crippen LogP contribution in [0, 0.1) is 0 Å². The van der Waals surface area contributed by atoms with Crippen molar-refractivity contribution in [2.24, 2.45) is 0 Å². The molecule has 0 atom stereocenters. The molecule has 2 aliphatic heterocycles. The highest BCUT2D eigenvalue weighted by atomic mass is 16.2. The van der Waals surface area contributed by atoms with Crippen molar-refractivity contribution in [2.75, 3.05) is 73.0 Å². The first kappa shape index (κ1) is 13.7. The number of hydrogen-bond acceptors (Lipinski definition) is 5. The summed E-state index contributed by atoms with van der Waals surface area (Å²) in [5, 5.41) is 2.16. The zero-order chi connectivity index (χ0) is 13.0. The average molecular weight is 255 g/mol. The van der Waals surface area contributed by atoms with Crippen molar-refractivity contribution in [1.29, 1.82) is 0 Å². The number of carbonyl (C=O) groups excluding carboxylic acids is 1. The van der Waals surface area contributed by atoms with E-state index in [1.54, 1.807) is 0 Å². The Labute approximate surface area is 109 Å². The maximum atomic E-state index is 12.0. The maximum Gasteiger partial charge on any atom is 0.238 e. The Morgan fingerprint density at radius 1 is 0.889 bits per heavy atom. The van der Waals surface area contributed by atoms with Gasteiger partial charge in [0.1, 0.15) is 0 Å². The smallest absolute Gasteiger partial charge is 0.238 e. The van der Waals surface area contributed by atoms with E-state index in [9.17, 15) is 4.79 Å². The van der Waals surface area contributed by atoms with Crippen molar-refractivity contribution in [2.45, 2.75) is 0 Å². The molecule has 1 N–H and O–H groups in total.